The van der Waals surface area contributed by atoms with Gasteiger partial charge in [-0.15, -0.1) is 0 Å². The molecule has 0 aliphatic carbocycles. The molecule has 3 aromatic rings. The molecule has 32 heavy (non-hydrogen) atoms. The number of benzene rings is 2. The molecule has 5 atom stereocenters. The zero-order chi connectivity index (χ0) is 22.8. The second-order valence-corrected chi connectivity index (χ2v) is 7.71. The molecule has 9 heteroatoms. The number of fused-ring (bicyclic) bond motifs is 1. The quantitative estimate of drug-likeness (QED) is 0.361. The molecule has 170 valence electrons. The van der Waals surface area contributed by atoms with E-state index in [1.54, 1.807) is 48.7 Å². The minimum Gasteiger partial charge on any atom is -0.478 e. The Balaban J connectivity index is 1.54. The molecule has 9 nitrogen and oxygen atoms in total. The lowest BCUT2D eigenvalue weighted by Crippen LogP contribution is -2.60. The highest BCUT2D eigenvalue weighted by Gasteiger charge is 2.44. The molecule has 0 radical (unpaired) electrons. The van der Waals surface area contributed by atoms with Crippen molar-refractivity contribution in [1.29, 1.82) is 0 Å². The molecular weight excluding hydrogens is 420 g/mol. The first-order valence-electron chi connectivity index (χ1n) is 10.2. The van der Waals surface area contributed by atoms with Crippen molar-refractivity contribution in [3.8, 4) is 5.75 Å². The van der Waals surface area contributed by atoms with Crippen LogP contribution in [0.4, 0.5) is 0 Å². The number of rotatable bonds is 7. The van der Waals surface area contributed by atoms with Gasteiger partial charge in [-0.1, -0.05) is 18.2 Å². The monoisotopic (exact) mass is 444 g/mol. The first kappa shape index (κ1) is 22.3. The molecule has 1 fully saturated rings. The molecule has 2 heterocycles. The van der Waals surface area contributed by atoms with E-state index in [2.05, 4.69) is 0 Å². The highest BCUT2D eigenvalue weighted by molar-refractivity contribution is 5.88. The van der Waals surface area contributed by atoms with Crippen molar-refractivity contribution in [3.63, 3.8) is 0 Å². The Morgan fingerprint density at radius 3 is 2.41 bits per heavy atom. The summed E-state index contributed by atoms with van der Waals surface area (Å²) in [6.45, 7) is -0.549. The highest BCUT2D eigenvalue weighted by Crippen LogP contribution is 2.34. The summed E-state index contributed by atoms with van der Waals surface area (Å²) in [6.07, 6.45) is -4.09. The first-order valence-corrected chi connectivity index (χ1v) is 10.2. The van der Waals surface area contributed by atoms with E-state index in [4.69, 9.17) is 19.0 Å². The van der Waals surface area contributed by atoms with Crippen LogP contribution in [0.15, 0.2) is 53.1 Å². The van der Waals surface area contributed by atoms with Gasteiger partial charge in [0.2, 0.25) is 6.29 Å². The summed E-state index contributed by atoms with van der Waals surface area (Å²) >= 11 is 0. The predicted molar refractivity (Wildman–Crippen MR) is 111 cm³/mol. The molecule has 1 saturated heterocycles. The van der Waals surface area contributed by atoms with E-state index >= 15 is 0 Å². The third-order valence-electron chi connectivity index (χ3n) is 5.61. The van der Waals surface area contributed by atoms with Gasteiger partial charge in [-0.2, -0.15) is 0 Å². The Bertz CT molecular complexity index is 1070. The summed E-state index contributed by atoms with van der Waals surface area (Å²) < 4.78 is 16.9. The van der Waals surface area contributed by atoms with Gasteiger partial charge in [0.05, 0.1) is 23.8 Å². The number of carboxylic acids is 1. The van der Waals surface area contributed by atoms with Crippen LogP contribution < -0.4 is 4.74 Å². The van der Waals surface area contributed by atoms with Gasteiger partial charge in [0.15, 0.2) is 0 Å². The molecular formula is C23H24O9. The fraction of sp³-hybridized carbons (Fsp3) is 0.348. The standard InChI is InChI=1S/C23H24O9/c24-10-17-19(25)20(26)21(27)23(32-17)31-16-3-1-2-15-18(16)14(11-30-15)9-6-12-4-7-13(8-5-12)22(28)29/h1-5,7-8,11,17,19-21,23-27H,6,9-10H2,(H,28,29)/t17-,19-,20+,21-,23-/m1/s1. The van der Waals surface area contributed by atoms with Gasteiger partial charge in [0.1, 0.15) is 35.7 Å². The Morgan fingerprint density at radius 2 is 1.72 bits per heavy atom. The van der Waals surface area contributed by atoms with Gasteiger partial charge in [0.25, 0.3) is 0 Å². The van der Waals surface area contributed by atoms with Gasteiger partial charge in [-0.25, -0.2) is 4.79 Å². The number of aliphatic hydroxyl groups excluding tert-OH is 4. The fourth-order valence-electron chi connectivity index (χ4n) is 3.78. The van der Waals surface area contributed by atoms with E-state index in [1.165, 1.54) is 0 Å². The van der Waals surface area contributed by atoms with Crippen molar-refractivity contribution < 1.29 is 44.2 Å². The molecule has 5 N–H and O–H groups in total. The predicted octanol–water partition coefficient (Wildman–Crippen LogP) is 1.09. The van der Waals surface area contributed by atoms with Crippen molar-refractivity contribution in [1.82, 2.24) is 0 Å². The molecule has 0 saturated carbocycles. The highest BCUT2D eigenvalue weighted by atomic mass is 16.7. The van der Waals surface area contributed by atoms with Crippen LogP contribution >= 0.6 is 0 Å². The average Bonchev–Trinajstić information content (AvgIpc) is 3.22. The third kappa shape index (κ3) is 4.34. The van der Waals surface area contributed by atoms with E-state index in [9.17, 15) is 25.2 Å². The van der Waals surface area contributed by atoms with Crippen molar-refractivity contribution in [2.75, 3.05) is 6.61 Å². The van der Waals surface area contributed by atoms with Crippen LogP contribution in [0, 0.1) is 0 Å². The number of carboxylic acid groups (broad SMARTS) is 1. The fourth-order valence-corrected chi connectivity index (χ4v) is 3.78. The molecule has 2 aromatic carbocycles. The van der Waals surface area contributed by atoms with Gasteiger partial charge >= 0.3 is 5.97 Å². The van der Waals surface area contributed by atoms with Crippen LogP contribution in [0.25, 0.3) is 11.0 Å². The second kappa shape index (κ2) is 9.27. The number of hydrogen-bond donors (Lipinski definition) is 5. The largest absolute Gasteiger partial charge is 0.478 e. The Morgan fingerprint density at radius 1 is 0.969 bits per heavy atom. The van der Waals surface area contributed by atoms with Crippen molar-refractivity contribution in [2.24, 2.45) is 0 Å². The number of aromatic carboxylic acids is 1. The Hall–Kier alpha value is -2.95. The van der Waals surface area contributed by atoms with Crippen LogP contribution in [0.3, 0.4) is 0 Å². The number of ether oxygens (including phenoxy) is 2. The maximum Gasteiger partial charge on any atom is 0.335 e. The smallest absolute Gasteiger partial charge is 0.335 e. The first-order chi connectivity index (χ1) is 15.4. The molecule has 1 aromatic heterocycles. The van der Waals surface area contributed by atoms with Crippen molar-refractivity contribution >= 4 is 16.9 Å². The minimum atomic E-state index is -1.54. The maximum atomic E-state index is 11.0. The molecule has 4 rings (SSSR count). The third-order valence-corrected chi connectivity index (χ3v) is 5.61. The van der Waals surface area contributed by atoms with E-state index in [0.29, 0.717) is 29.6 Å². The maximum absolute atomic E-state index is 11.0. The summed E-state index contributed by atoms with van der Waals surface area (Å²) in [6, 6.07) is 11.8. The van der Waals surface area contributed by atoms with Gasteiger partial charge in [-0.3, -0.25) is 0 Å². The van der Waals surface area contributed by atoms with Gasteiger partial charge in [0, 0.05) is 5.56 Å². The van der Waals surface area contributed by atoms with Crippen LogP contribution in [-0.2, 0) is 17.6 Å². The van der Waals surface area contributed by atoms with Crippen molar-refractivity contribution in [2.45, 2.75) is 43.5 Å². The summed E-state index contributed by atoms with van der Waals surface area (Å²) in [7, 11) is 0. The lowest BCUT2D eigenvalue weighted by atomic mass is 9.99. The number of furan rings is 1. The number of carbonyl (C=O) groups is 1. The molecule has 0 amide bonds. The summed E-state index contributed by atoms with van der Waals surface area (Å²) in [5.74, 6) is -0.621. The van der Waals surface area contributed by atoms with Crippen LogP contribution in [-0.4, -0.2) is 68.8 Å². The minimum absolute atomic E-state index is 0.220. The summed E-state index contributed by atoms with van der Waals surface area (Å²) in [5, 5.41) is 49.3. The topological polar surface area (TPSA) is 150 Å². The summed E-state index contributed by atoms with van der Waals surface area (Å²) in [5.41, 5.74) is 2.57. The van der Waals surface area contributed by atoms with Gasteiger partial charge in [-0.05, 0) is 42.7 Å². The molecule has 0 unspecified atom stereocenters. The lowest BCUT2D eigenvalue weighted by molar-refractivity contribution is -0.277. The molecule has 1 aliphatic heterocycles. The number of aliphatic hydroxyl groups is 4. The number of hydrogen-bond acceptors (Lipinski definition) is 8. The molecule has 1 aliphatic rings. The second-order valence-electron chi connectivity index (χ2n) is 7.71. The Labute approximate surface area is 183 Å². The van der Waals surface area contributed by atoms with E-state index in [-0.39, 0.29) is 5.56 Å². The van der Waals surface area contributed by atoms with E-state index < -0.39 is 43.3 Å². The van der Waals surface area contributed by atoms with Gasteiger partial charge < -0.3 is 39.4 Å². The zero-order valence-electron chi connectivity index (χ0n) is 17.0. The molecule has 0 spiro atoms. The van der Waals surface area contributed by atoms with Crippen LogP contribution in [0.1, 0.15) is 21.5 Å². The molecule has 0 bridgehead atoms. The van der Waals surface area contributed by atoms with E-state index in [1.807, 2.05) is 0 Å². The van der Waals surface area contributed by atoms with Crippen LogP contribution in [0.5, 0.6) is 5.75 Å². The van der Waals surface area contributed by atoms with Crippen molar-refractivity contribution in [3.05, 3.63) is 65.4 Å². The Kier molecular flexibility index (Phi) is 6.45. The number of aryl methyl sites for hydroxylation is 2. The van der Waals surface area contributed by atoms with E-state index in [0.717, 1.165) is 11.1 Å². The SMILES string of the molecule is O=C(O)c1ccc(CCc2coc3cccc(O[C@@H]4O[C@H](CO)[C@@H](O)[C@H](O)[C@H]4O)c23)cc1. The zero-order valence-corrected chi connectivity index (χ0v) is 17.0. The van der Waals surface area contributed by atoms with Crippen LogP contribution in [0.2, 0.25) is 0 Å². The summed E-state index contributed by atoms with van der Waals surface area (Å²) in [4.78, 5) is 11.0. The average molecular weight is 444 g/mol. The lowest BCUT2D eigenvalue weighted by Gasteiger charge is -2.39. The normalized spacial score (nSPS) is 25.7.